The molecule has 94 valence electrons. The van der Waals surface area contributed by atoms with E-state index in [1.807, 2.05) is 13.8 Å². The molecule has 1 N–H and O–H groups in total. The fourth-order valence-electron chi connectivity index (χ4n) is 1.42. The maximum absolute atomic E-state index is 13.4. The molecule has 2 rings (SSSR count). The maximum Gasteiger partial charge on any atom is 0.254 e. The lowest BCUT2D eigenvalue weighted by Gasteiger charge is -2.08. The van der Waals surface area contributed by atoms with Crippen molar-refractivity contribution in [3.63, 3.8) is 0 Å². The molecule has 2 aromatic rings. The lowest BCUT2D eigenvalue weighted by atomic mass is 10.2. The van der Waals surface area contributed by atoms with Crippen LogP contribution in [-0.4, -0.2) is 9.97 Å². The molecule has 0 bridgehead atoms. The molecule has 0 fully saturated rings. The van der Waals surface area contributed by atoms with Gasteiger partial charge in [-0.25, -0.2) is 4.39 Å². The third kappa shape index (κ3) is 2.74. The second-order valence-corrected chi connectivity index (χ2v) is 4.16. The van der Waals surface area contributed by atoms with E-state index in [1.165, 1.54) is 18.2 Å². The number of benzene rings is 1. The van der Waals surface area contributed by atoms with Gasteiger partial charge in [0.2, 0.25) is 5.88 Å². The molecule has 1 aromatic carbocycles. The number of nitrogens with one attached hydrogen (secondary N) is 1. The smallest absolute Gasteiger partial charge is 0.254 e. The Hall–Kier alpha value is -2.17. The number of hydrogen-bond acceptors (Lipinski definition) is 3. The van der Waals surface area contributed by atoms with Gasteiger partial charge in [-0.1, -0.05) is 26.0 Å². The van der Waals surface area contributed by atoms with Crippen molar-refractivity contribution in [3.05, 3.63) is 52.3 Å². The quantitative estimate of drug-likeness (QED) is 0.908. The van der Waals surface area contributed by atoms with Crippen LogP contribution in [0, 0.1) is 5.82 Å². The number of nitrogens with zero attached hydrogens (tertiary/aromatic N) is 1. The summed E-state index contributed by atoms with van der Waals surface area (Å²) in [4.78, 5) is 18.2. The number of halogens is 1. The van der Waals surface area contributed by atoms with Crippen molar-refractivity contribution in [1.29, 1.82) is 0 Å². The zero-order valence-corrected chi connectivity index (χ0v) is 10.1. The van der Waals surface area contributed by atoms with Gasteiger partial charge in [0.05, 0.1) is 6.07 Å². The molecule has 4 nitrogen and oxygen atoms in total. The van der Waals surface area contributed by atoms with E-state index in [9.17, 15) is 9.18 Å². The summed E-state index contributed by atoms with van der Waals surface area (Å²) in [6, 6.07) is 7.17. The number of para-hydroxylation sites is 1. The fourth-order valence-corrected chi connectivity index (χ4v) is 1.42. The van der Waals surface area contributed by atoms with Gasteiger partial charge >= 0.3 is 0 Å². The lowest BCUT2D eigenvalue weighted by Crippen LogP contribution is -2.12. The third-order valence-electron chi connectivity index (χ3n) is 2.33. The van der Waals surface area contributed by atoms with Gasteiger partial charge in [0.1, 0.15) is 5.82 Å². The van der Waals surface area contributed by atoms with Gasteiger partial charge in [0.15, 0.2) is 11.6 Å². The molecule has 0 spiro atoms. The van der Waals surface area contributed by atoms with Crippen LogP contribution in [0.3, 0.4) is 0 Å². The van der Waals surface area contributed by atoms with E-state index in [1.54, 1.807) is 12.1 Å². The van der Waals surface area contributed by atoms with Crippen LogP contribution in [0.25, 0.3) is 0 Å². The van der Waals surface area contributed by atoms with Crippen LogP contribution < -0.4 is 10.3 Å². The minimum absolute atomic E-state index is 0.0466. The first-order valence-electron chi connectivity index (χ1n) is 5.60. The van der Waals surface area contributed by atoms with Gasteiger partial charge in [0, 0.05) is 5.92 Å². The van der Waals surface area contributed by atoms with Gasteiger partial charge < -0.3 is 9.72 Å². The normalized spacial score (nSPS) is 10.7. The molecule has 18 heavy (non-hydrogen) atoms. The van der Waals surface area contributed by atoms with Crippen molar-refractivity contribution < 1.29 is 9.13 Å². The van der Waals surface area contributed by atoms with Gasteiger partial charge in [-0.3, -0.25) is 4.79 Å². The summed E-state index contributed by atoms with van der Waals surface area (Å²) in [6.07, 6.45) is 0. The van der Waals surface area contributed by atoms with E-state index < -0.39 is 5.82 Å². The highest BCUT2D eigenvalue weighted by Crippen LogP contribution is 2.22. The first-order valence-corrected chi connectivity index (χ1v) is 5.60. The molecule has 0 amide bonds. The Morgan fingerprint density at radius 1 is 1.33 bits per heavy atom. The molecule has 0 aliphatic carbocycles. The average molecular weight is 248 g/mol. The molecular formula is C13H13FN2O2. The minimum Gasteiger partial charge on any atom is -0.436 e. The highest BCUT2D eigenvalue weighted by Gasteiger charge is 2.08. The third-order valence-corrected chi connectivity index (χ3v) is 2.33. The van der Waals surface area contributed by atoms with Gasteiger partial charge in [-0.05, 0) is 12.1 Å². The number of aromatic nitrogens is 2. The standard InChI is InChI=1S/C13H13FN2O2/c1-8(2)13-15-11(17)7-12(16-13)18-10-6-4-3-5-9(10)14/h3-8H,1-2H3,(H,15,16,17). The molecule has 0 atom stereocenters. The van der Waals surface area contributed by atoms with Crippen LogP contribution in [0.5, 0.6) is 11.6 Å². The molecule has 1 aromatic heterocycles. The molecule has 0 radical (unpaired) electrons. The summed E-state index contributed by atoms with van der Waals surface area (Å²) >= 11 is 0. The van der Waals surface area contributed by atoms with Gasteiger partial charge in [-0.15, -0.1) is 0 Å². The van der Waals surface area contributed by atoms with Crippen LogP contribution in [0.15, 0.2) is 35.1 Å². The Morgan fingerprint density at radius 2 is 2.06 bits per heavy atom. The fraction of sp³-hybridized carbons (Fsp3) is 0.231. The Labute approximate surface area is 103 Å². The van der Waals surface area contributed by atoms with E-state index in [4.69, 9.17) is 4.74 Å². The second-order valence-electron chi connectivity index (χ2n) is 4.16. The van der Waals surface area contributed by atoms with Crippen molar-refractivity contribution in [2.24, 2.45) is 0 Å². The number of H-pyrrole nitrogens is 1. The van der Waals surface area contributed by atoms with Crippen LogP contribution in [0.4, 0.5) is 4.39 Å². The maximum atomic E-state index is 13.4. The Bertz CT molecular complexity index is 608. The summed E-state index contributed by atoms with van der Waals surface area (Å²) in [7, 11) is 0. The van der Waals surface area contributed by atoms with Crippen molar-refractivity contribution in [2.75, 3.05) is 0 Å². The van der Waals surface area contributed by atoms with Crippen molar-refractivity contribution >= 4 is 0 Å². The van der Waals surface area contributed by atoms with Crippen molar-refractivity contribution in [2.45, 2.75) is 19.8 Å². The largest absolute Gasteiger partial charge is 0.436 e. The minimum atomic E-state index is -0.495. The molecule has 5 heteroatoms. The Morgan fingerprint density at radius 3 is 2.72 bits per heavy atom. The van der Waals surface area contributed by atoms with Crippen molar-refractivity contribution in [1.82, 2.24) is 9.97 Å². The number of rotatable bonds is 3. The van der Waals surface area contributed by atoms with Crippen LogP contribution >= 0.6 is 0 Å². The number of ether oxygens (including phenoxy) is 1. The predicted octanol–water partition coefficient (Wildman–Crippen LogP) is 2.82. The monoisotopic (exact) mass is 248 g/mol. The van der Waals surface area contributed by atoms with E-state index in [0.29, 0.717) is 5.82 Å². The summed E-state index contributed by atoms with van der Waals surface area (Å²) < 4.78 is 18.7. The van der Waals surface area contributed by atoms with Crippen LogP contribution in [-0.2, 0) is 0 Å². The SMILES string of the molecule is CC(C)c1nc(Oc2ccccc2F)cc(=O)[nH]1. The molecule has 0 saturated carbocycles. The summed E-state index contributed by atoms with van der Waals surface area (Å²) in [6.45, 7) is 3.79. The molecule has 0 aliphatic heterocycles. The van der Waals surface area contributed by atoms with E-state index >= 15 is 0 Å². The molecule has 0 saturated heterocycles. The summed E-state index contributed by atoms with van der Waals surface area (Å²) in [5.41, 5.74) is -0.319. The highest BCUT2D eigenvalue weighted by molar-refractivity contribution is 5.28. The van der Waals surface area contributed by atoms with E-state index in [-0.39, 0.29) is 23.1 Å². The van der Waals surface area contributed by atoms with Gasteiger partial charge in [0.25, 0.3) is 5.56 Å². The molecule has 1 heterocycles. The van der Waals surface area contributed by atoms with Crippen LogP contribution in [0.2, 0.25) is 0 Å². The van der Waals surface area contributed by atoms with Crippen LogP contribution in [0.1, 0.15) is 25.6 Å². The summed E-state index contributed by atoms with van der Waals surface area (Å²) in [5.74, 6) is 0.208. The average Bonchev–Trinajstić information content (AvgIpc) is 2.31. The topological polar surface area (TPSA) is 55.0 Å². The Balaban J connectivity index is 2.35. The summed E-state index contributed by atoms with van der Waals surface area (Å²) in [5, 5.41) is 0. The highest BCUT2D eigenvalue weighted by atomic mass is 19.1. The predicted molar refractivity (Wildman–Crippen MR) is 65.4 cm³/mol. The molecule has 0 aliphatic rings. The second kappa shape index (κ2) is 5.00. The first kappa shape index (κ1) is 12.3. The first-order chi connectivity index (χ1) is 8.56. The van der Waals surface area contributed by atoms with Crippen molar-refractivity contribution in [3.8, 4) is 11.6 Å². The molecule has 0 unspecified atom stereocenters. The number of aromatic amines is 1. The van der Waals surface area contributed by atoms with Gasteiger partial charge in [-0.2, -0.15) is 4.98 Å². The van der Waals surface area contributed by atoms with E-state index in [2.05, 4.69) is 9.97 Å². The number of hydrogen-bond donors (Lipinski definition) is 1. The molecular weight excluding hydrogens is 235 g/mol. The zero-order valence-electron chi connectivity index (χ0n) is 10.1. The van der Waals surface area contributed by atoms with E-state index in [0.717, 1.165) is 0 Å². The Kier molecular flexibility index (Phi) is 3.41. The zero-order chi connectivity index (χ0) is 13.1. The lowest BCUT2D eigenvalue weighted by molar-refractivity contribution is 0.422.